The molecule has 5 heteroatoms. The molecular weight excluding hydrogens is 438 g/mol. The maximum Gasteiger partial charge on any atom is 0.133 e. The van der Waals surface area contributed by atoms with Gasteiger partial charge < -0.3 is 10.5 Å². The minimum absolute atomic E-state index is 0.190. The van der Waals surface area contributed by atoms with Gasteiger partial charge in [-0.25, -0.2) is 0 Å². The summed E-state index contributed by atoms with van der Waals surface area (Å²) >= 11 is 10.5. The van der Waals surface area contributed by atoms with Crippen LogP contribution in [0.4, 0.5) is 0 Å². The maximum atomic E-state index is 6.32. The van der Waals surface area contributed by atoms with Gasteiger partial charge in [0.05, 0.1) is 17.6 Å². The molecule has 19 heavy (non-hydrogen) atoms. The summed E-state index contributed by atoms with van der Waals surface area (Å²) in [6, 6.07) is 11.7. The van der Waals surface area contributed by atoms with Crippen LogP contribution in [0.3, 0.4) is 0 Å². The van der Waals surface area contributed by atoms with Crippen LogP contribution in [-0.4, -0.2) is 7.11 Å². The van der Waals surface area contributed by atoms with Gasteiger partial charge in [0.25, 0.3) is 0 Å². The Labute approximate surface area is 137 Å². The summed E-state index contributed by atoms with van der Waals surface area (Å²) in [5.74, 6) is 0.797. The molecule has 0 aliphatic carbocycles. The summed E-state index contributed by atoms with van der Waals surface area (Å²) in [5.41, 5.74) is 8.39. The van der Waals surface area contributed by atoms with Gasteiger partial charge in [-0.2, -0.15) is 0 Å². The van der Waals surface area contributed by atoms with Crippen molar-refractivity contribution in [2.75, 3.05) is 7.11 Å². The van der Waals surface area contributed by atoms with Crippen molar-refractivity contribution in [3.8, 4) is 5.75 Å². The van der Waals surface area contributed by atoms with Gasteiger partial charge >= 0.3 is 0 Å². The first-order valence-corrected chi connectivity index (χ1v) is 7.95. The van der Waals surface area contributed by atoms with Crippen molar-refractivity contribution in [1.29, 1.82) is 0 Å². The fraction of sp³-hybridized carbons (Fsp3) is 0.143. The SMILES string of the molecule is COc1ccc(C(N)c2ccc(Br)cc2Br)cc1Br. The minimum Gasteiger partial charge on any atom is -0.496 e. The Balaban J connectivity index is 2.38. The second-order valence-electron chi connectivity index (χ2n) is 4.04. The number of hydrogen-bond acceptors (Lipinski definition) is 2. The third-order valence-electron chi connectivity index (χ3n) is 2.83. The summed E-state index contributed by atoms with van der Waals surface area (Å²) in [7, 11) is 1.64. The van der Waals surface area contributed by atoms with Crippen molar-refractivity contribution in [1.82, 2.24) is 0 Å². The first-order chi connectivity index (χ1) is 9.02. The lowest BCUT2D eigenvalue weighted by Gasteiger charge is -2.16. The highest BCUT2D eigenvalue weighted by Crippen LogP contribution is 2.33. The monoisotopic (exact) mass is 447 g/mol. The molecule has 0 radical (unpaired) electrons. The summed E-state index contributed by atoms with van der Waals surface area (Å²) < 4.78 is 8.13. The zero-order chi connectivity index (χ0) is 14.0. The van der Waals surface area contributed by atoms with E-state index in [4.69, 9.17) is 10.5 Å². The zero-order valence-corrected chi connectivity index (χ0v) is 14.9. The Bertz CT molecular complexity index is 601. The Morgan fingerprint density at radius 2 is 1.74 bits per heavy atom. The van der Waals surface area contributed by atoms with Gasteiger partial charge in [-0.05, 0) is 51.3 Å². The lowest BCUT2D eigenvalue weighted by Crippen LogP contribution is -2.12. The lowest BCUT2D eigenvalue weighted by molar-refractivity contribution is 0.412. The van der Waals surface area contributed by atoms with E-state index in [2.05, 4.69) is 47.8 Å². The number of rotatable bonds is 3. The molecule has 100 valence electrons. The second-order valence-corrected chi connectivity index (χ2v) is 6.66. The van der Waals surface area contributed by atoms with Crippen molar-refractivity contribution in [2.45, 2.75) is 6.04 Å². The fourth-order valence-corrected chi connectivity index (χ4v) is 3.66. The summed E-state index contributed by atoms with van der Waals surface area (Å²) in [6.07, 6.45) is 0. The predicted octanol–water partition coefficient (Wildman–Crippen LogP) is 5.03. The van der Waals surface area contributed by atoms with E-state index < -0.39 is 0 Å². The quantitative estimate of drug-likeness (QED) is 0.713. The van der Waals surface area contributed by atoms with Crippen molar-refractivity contribution < 1.29 is 4.74 Å². The average molecular weight is 450 g/mol. The van der Waals surface area contributed by atoms with Crippen LogP contribution in [0.25, 0.3) is 0 Å². The van der Waals surface area contributed by atoms with Crippen LogP contribution in [0, 0.1) is 0 Å². The van der Waals surface area contributed by atoms with Crippen molar-refractivity contribution >= 4 is 47.8 Å². The van der Waals surface area contributed by atoms with Gasteiger partial charge in [0.1, 0.15) is 5.75 Å². The molecule has 0 aromatic heterocycles. The molecule has 0 saturated heterocycles. The van der Waals surface area contributed by atoms with Crippen LogP contribution in [0.2, 0.25) is 0 Å². The summed E-state index contributed by atoms with van der Waals surface area (Å²) in [4.78, 5) is 0. The number of halogens is 3. The van der Waals surface area contributed by atoms with Gasteiger partial charge in [-0.3, -0.25) is 0 Å². The van der Waals surface area contributed by atoms with E-state index in [0.717, 1.165) is 30.3 Å². The zero-order valence-electron chi connectivity index (χ0n) is 10.2. The topological polar surface area (TPSA) is 35.2 Å². The van der Waals surface area contributed by atoms with Gasteiger partial charge in [-0.15, -0.1) is 0 Å². The number of ether oxygens (including phenoxy) is 1. The van der Waals surface area contributed by atoms with Crippen LogP contribution in [-0.2, 0) is 0 Å². The normalized spacial score (nSPS) is 12.3. The van der Waals surface area contributed by atoms with Gasteiger partial charge in [0, 0.05) is 8.95 Å². The van der Waals surface area contributed by atoms with E-state index in [-0.39, 0.29) is 6.04 Å². The molecule has 0 aliphatic rings. The second kappa shape index (κ2) is 6.39. The standard InChI is InChI=1S/C14H12Br3NO/c1-19-13-5-2-8(6-12(13)17)14(18)10-4-3-9(15)7-11(10)16/h2-7,14H,18H2,1H3. The summed E-state index contributed by atoms with van der Waals surface area (Å²) in [5, 5.41) is 0. The Morgan fingerprint density at radius 1 is 1.00 bits per heavy atom. The predicted molar refractivity (Wildman–Crippen MR) is 88.6 cm³/mol. The van der Waals surface area contributed by atoms with Crippen molar-refractivity contribution in [3.63, 3.8) is 0 Å². The molecule has 0 amide bonds. The highest BCUT2D eigenvalue weighted by molar-refractivity contribution is 9.11. The molecule has 2 aromatic rings. The maximum absolute atomic E-state index is 6.32. The average Bonchev–Trinajstić information content (AvgIpc) is 2.38. The molecule has 2 aromatic carbocycles. The highest BCUT2D eigenvalue weighted by Gasteiger charge is 2.14. The van der Waals surface area contributed by atoms with Crippen LogP contribution in [0.1, 0.15) is 17.2 Å². The van der Waals surface area contributed by atoms with Crippen molar-refractivity contribution in [3.05, 3.63) is 60.9 Å². The minimum atomic E-state index is -0.190. The molecule has 0 bridgehead atoms. The van der Waals surface area contributed by atoms with Crippen LogP contribution in [0.15, 0.2) is 49.8 Å². The van der Waals surface area contributed by atoms with Crippen LogP contribution < -0.4 is 10.5 Å². The number of benzene rings is 2. The van der Waals surface area contributed by atoms with Gasteiger partial charge in [0.2, 0.25) is 0 Å². The van der Waals surface area contributed by atoms with E-state index in [0.29, 0.717) is 0 Å². The highest BCUT2D eigenvalue weighted by atomic mass is 79.9. The van der Waals surface area contributed by atoms with Crippen molar-refractivity contribution in [2.24, 2.45) is 5.73 Å². The number of nitrogens with two attached hydrogens (primary N) is 1. The Kier molecular flexibility index (Phi) is 5.06. The molecule has 1 unspecified atom stereocenters. The summed E-state index contributed by atoms with van der Waals surface area (Å²) in [6.45, 7) is 0. The van der Waals surface area contributed by atoms with E-state index >= 15 is 0 Å². The number of methoxy groups -OCH3 is 1. The molecule has 2 rings (SSSR count). The smallest absolute Gasteiger partial charge is 0.133 e. The molecule has 2 N–H and O–H groups in total. The first kappa shape index (κ1) is 15.0. The first-order valence-electron chi connectivity index (χ1n) is 5.57. The molecule has 1 atom stereocenters. The lowest BCUT2D eigenvalue weighted by atomic mass is 10.00. The molecule has 0 aliphatic heterocycles. The van der Waals surface area contributed by atoms with Crippen LogP contribution >= 0.6 is 47.8 Å². The van der Waals surface area contributed by atoms with Crippen LogP contribution in [0.5, 0.6) is 5.75 Å². The largest absolute Gasteiger partial charge is 0.496 e. The fourth-order valence-electron chi connectivity index (χ4n) is 1.81. The van der Waals surface area contributed by atoms with E-state index in [9.17, 15) is 0 Å². The Hall–Kier alpha value is -0.360. The van der Waals surface area contributed by atoms with Gasteiger partial charge in [0.15, 0.2) is 0 Å². The Morgan fingerprint density at radius 3 is 2.32 bits per heavy atom. The molecule has 0 fully saturated rings. The van der Waals surface area contributed by atoms with E-state index in [1.54, 1.807) is 7.11 Å². The molecular formula is C14H12Br3NO. The third kappa shape index (κ3) is 3.40. The van der Waals surface area contributed by atoms with Gasteiger partial charge in [-0.1, -0.05) is 44.0 Å². The van der Waals surface area contributed by atoms with E-state index in [1.807, 2.05) is 36.4 Å². The van der Waals surface area contributed by atoms with E-state index in [1.165, 1.54) is 0 Å². The molecule has 2 nitrogen and oxygen atoms in total. The molecule has 0 heterocycles. The third-order valence-corrected chi connectivity index (χ3v) is 4.63. The molecule has 0 spiro atoms. The molecule has 0 saturated carbocycles. The number of hydrogen-bond donors (Lipinski definition) is 1.